The van der Waals surface area contributed by atoms with Crippen LogP contribution in [0.2, 0.25) is 0 Å². The fourth-order valence-corrected chi connectivity index (χ4v) is 5.21. The minimum Gasteiger partial charge on any atom is -0.308 e. The number of thiazole rings is 1. The van der Waals surface area contributed by atoms with Gasteiger partial charge in [-0.3, -0.25) is 0 Å². The molecule has 1 fully saturated rings. The third-order valence-electron chi connectivity index (χ3n) is 4.94. The van der Waals surface area contributed by atoms with Gasteiger partial charge in [0.1, 0.15) is 5.01 Å². The molecule has 2 aliphatic carbocycles. The average Bonchev–Trinajstić information content (AvgIpc) is 3.00. The summed E-state index contributed by atoms with van der Waals surface area (Å²) in [6.45, 7) is 5.81. The Morgan fingerprint density at radius 3 is 2.95 bits per heavy atom. The largest absolute Gasteiger partial charge is 0.308 e. The smallest absolute Gasteiger partial charge is 0.110 e. The van der Waals surface area contributed by atoms with E-state index in [-0.39, 0.29) is 0 Å². The van der Waals surface area contributed by atoms with E-state index >= 15 is 0 Å². The molecule has 3 unspecified atom stereocenters. The second kappa shape index (κ2) is 6.57. The number of rotatable bonds is 5. The fraction of sp³-hybridized carbons (Fsp3) is 0.824. The SMILES string of the molecule is CCCNC(c1nc2c(s1)CCC2)C1CCCC(C)C1. The fourth-order valence-electron chi connectivity index (χ4n) is 3.88. The van der Waals surface area contributed by atoms with Crippen LogP contribution in [0.3, 0.4) is 0 Å². The highest BCUT2D eigenvalue weighted by molar-refractivity contribution is 7.11. The predicted molar refractivity (Wildman–Crippen MR) is 86.3 cm³/mol. The molecule has 20 heavy (non-hydrogen) atoms. The van der Waals surface area contributed by atoms with Crippen molar-refractivity contribution in [2.75, 3.05) is 6.54 Å². The molecule has 0 radical (unpaired) electrons. The van der Waals surface area contributed by atoms with Crippen molar-refractivity contribution >= 4 is 11.3 Å². The van der Waals surface area contributed by atoms with Crippen LogP contribution in [0, 0.1) is 11.8 Å². The quantitative estimate of drug-likeness (QED) is 0.864. The first kappa shape index (κ1) is 14.5. The van der Waals surface area contributed by atoms with Gasteiger partial charge in [-0.25, -0.2) is 4.98 Å². The molecule has 0 aromatic carbocycles. The lowest BCUT2D eigenvalue weighted by molar-refractivity contribution is 0.223. The van der Waals surface area contributed by atoms with Gasteiger partial charge in [-0.1, -0.05) is 26.7 Å². The molecule has 3 atom stereocenters. The zero-order chi connectivity index (χ0) is 13.9. The van der Waals surface area contributed by atoms with Crippen LogP contribution < -0.4 is 5.32 Å². The summed E-state index contributed by atoms with van der Waals surface area (Å²) in [5.74, 6) is 1.70. The summed E-state index contributed by atoms with van der Waals surface area (Å²) in [7, 11) is 0. The van der Waals surface area contributed by atoms with Gasteiger partial charge in [-0.05, 0) is 56.9 Å². The third-order valence-corrected chi connectivity index (χ3v) is 6.18. The molecule has 0 spiro atoms. The van der Waals surface area contributed by atoms with Crippen LogP contribution in [-0.2, 0) is 12.8 Å². The summed E-state index contributed by atoms with van der Waals surface area (Å²) < 4.78 is 0. The van der Waals surface area contributed by atoms with Gasteiger partial charge in [0, 0.05) is 4.88 Å². The zero-order valence-electron chi connectivity index (χ0n) is 13.0. The number of aryl methyl sites for hydroxylation is 2. The Balaban J connectivity index is 1.77. The average molecular weight is 292 g/mol. The Kier molecular flexibility index (Phi) is 4.77. The Bertz CT molecular complexity index is 419. The highest BCUT2D eigenvalue weighted by Crippen LogP contribution is 2.40. The van der Waals surface area contributed by atoms with Gasteiger partial charge in [-0.15, -0.1) is 11.3 Å². The first-order valence-electron chi connectivity index (χ1n) is 8.49. The second-order valence-corrected chi connectivity index (χ2v) is 7.85. The topological polar surface area (TPSA) is 24.9 Å². The summed E-state index contributed by atoms with van der Waals surface area (Å²) in [5.41, 5.74) is 1.41. The van der Waals surface area contributed by atoms with Gasteiger partial charge in [0.05, 0.1) is 11.7 Å². The molecular weight excluding hydrogens is 264 g/mol. The maximum atomic E-state index is 5.00. The molecule has 1 heterocycles. The second-order valence-electron chi connectivity index (χ2n) is 6.74. The molecule has 1 N–H and O–H groups in total. The van der Waals surface area contributed by atoms with Crippen molar-refractivity contribution in [3.05, 3.63) is 15.6 Å². The Morgan fingerprint density at radius 2 is 2.20 bits per heavy atom. The van der Waals surface area contributed by atoms with Crippen molar-refractivity contribution in [2.24, 2.45) is 11.8 Å². The first-order chi connectivity index (χ1) is 9.78. The van der Waals surface area contributed by atoms with Crippen LogP contribution in [0.4, 0.5) is 0 Å². The standard InChI is InChI=1S/C17H28N2S/c1-3-10-18-16(13-7-4-6-12(2)11-13)17-19-14-8-5-9-15(14)20-17/h12-13,16,18H,3-11H2,1-2H3. The Hall–Kier alpha value is -0.410. The highest BCUT2D eigenvalue weighted by atomic mass is 32.1. The maximum absolute atomic E-state index is 5.00. The van der Waals surface area contributed by atoms with Gasteiger partial charge in [0.25, 0.3) is 0 Å². The summed E-state index contributed by atoms with van der Waals surface area (Å²) in [6.07, 6.45) is 10.6. The zero-order valence-corrected chi connectivity index (χ0v) is 13.8. The lowest BCUT2D eigenvalue weighted by Gasteiger charge is -2.33. The lowest BCUT2D eigenvalue weighted by atomic mass is 9.78. The highest BCUT2D eigenvalue weighted by Gasteiger charge is 2.30. The van der Waals surface area contributed by atoms with Gasteiger partial charge in [-0.2, -0.15) is 0 Å². The lowest BCUT2D eigenvalue weighted by Crippen LogP contribution is -2.31. The van der Waals surface area contributed by atoms with E-state index in [9.17, 15) is 0 Å². The molecule has 3 heteroatoms. The first-order valence-corrected chi connectivity index (χ1v) is 9.31. The molecule has 2 aliphatic rings. The minimum absolute atomic E-state index is 0.522. The molecule has 1 aromatic heterocycles. The number of fused-ring (bicyclic) bond motifs is 1. The number of hydrogen-bond acceptors (Lipinski definition) is 3. The van der Waals surface area contributed by atoms with E-state index in [4.69, 9.17) is 4.98 Å². The molecule has 1 saturated carbocycles. The van der Waals surface area contributed by atoms with Crippen molar-refractivity contribution in [3.8, 4) is 0 Å². The maximum Gasteiger partial charge on any atom is 0.110 e. The van der Waals surface area contributed by atoms with E-state index < -0.39 is 0 Å². The third kappa shape index (κ3) is 3.09. The summed E-state index contributed by atoms with van der Waals surface area (Å²) >= 11 is 2.00. The molecule has 1 aromatic rings. The van der Waals surface area contributed by atoms with E-state index in [1.165, 1.54) is 62.1 Å². The molecule has 0 amide bonds. The Labute approximate surface area is 127 Å². The molecule has 112 valence electrons. The van der Waals surface area contributed by atoms with E-state index in [1.54, 1.807) is 4.88 Å². The van der Waals surface area contributed by atoms with E-state index in [0.29, 0.717) is 6.04 Å². The monoisotopic (exact) mass is 292 g/mol. The number of hydrogen-bond donors (Lipinski definition) is 1. The minimum atomic E-state index is 0.522. The Morgan fingerprint density at radius 1 is 1.30 bits per heavy atom. The molecule has 2 nitrogen and oxygen atoms in total. The van der Waals surface area contributed by atoms with Crippen molar-refractivity contribution in [1.82, 2.24) is 10.3 Å². The molecule has 0 aliphatic heterocycles. The van der Waals surface area contributed by atoms with E-state index in [0.717, 1.165) is 18.4 Å². The molecule has 3 rings (SSSR count). The van der Waals surface area contributed by atoms with Gasteiger partial charge >= 0.3 is 0 Å². The van der Waals surface area contributed by atoms with Crippen molar-refractivity contribution < 1.29 is 0 Å². The summed E-state index contributed by atoms with van der Waals surface area (Å²) in [6, 6.07) is 0.522. The number of aromatic nitrogens is 1. The molecule has 0 saturated heterocycles. The van der Waals surface area contributed by atoms with Crippen LogP contribution in [0.15, 0.2) is 0 Å². The van der Waals surface area contributed by atoms with Gasteiger partial charge in [0.15, 0.2) is 0 Å². The van der Waals surface area contributed by atoms with Crippen molar-refractivity contribution in [3.63, 3.8) is 0 Å². The predicted octanol–water partition coefficient (Wildman–Crippen LogP) is 4.50. The van der Waals surface area contributed by atoms with Crippen LogP contribution in [-0.4, -0.2) is 11.5 Å². The summed E-state index contributed by atoms with van der Waals surface area (Å²) in [5, 5.41) is 5.20. The van der Waals surface area contributed by atoms with Crippen molar-refractivity contribution in [1.29, 1.82) is 0 Å². The summed E-state index contributed by atoms with van der Waals surface area (Å²) in [4.78, 5) is 6.58. The van der Waals surface area contributed by atoms with Crippen LogP contribution >= 0.6 is 11.3 Å². The van der Waals surface area contributed by atoms with E-state index in [2.05, 4.69) is 19.2 Å². The van der Waals surface area contributed by atoms with Gasteiger partial charge in [0.2, 0.25) is 0 Å². The molecular formula is C17H28N2S. The van der Waals surface area contributed by atoms with Gasteiger partial charge < -0.3 is 5.32 Å². The van der Waals surface area contributed by atoms with Crippen molar-refractivity contribution in [2.45, 2.75) is 71.3 Å². The van der Waals surface area contributed by atoms with E-state index in [1.807, 2.05) is 11.3 Å². The normalized spacial score (nSPS) is 27.5. The van der Waals surface area contributed by atoms with Crippen LogP contribution in [0.25, 0.3) is 0 Å². The number of nitrogens with one attached hydrogen (secondary N) is 1. The van der Waals surface area contributed by atoms with Crippen LogP contribution in [0.1, 0.15) is 74.0 Å². The molecule has 0 bridgehead atoms. The van der Waals surface area contributed by atoms with Crippen LogP contribution in [0.5, 0.6) is 0 Å². The number of nitrogens with zero attached hydrogens (tertiary/aromatic N) is 1.